The fraction of sp³-hybridized carbons (Fsp3) is 0.0278. The summed E-state index contributed by atoms with van der Waals surface area (Å²) in [6, 6.07) is 49.7. The zero-order chi connectivity index (χ0) is 25.0. The summed E-state index contributed by atoms with van der Waals surface area (Å²) in [5.41, 5.74) is 13.1. The normalized spacial score (nSPS) is 10.8. The average Bonchev–Trinajstić information content (AvgIpc) is 2.98. The molecule has 37 heavy (non-hydrogen) atoms. The van der Waals surface area contributed by atoms with Crippen LogP contribution in [0.2, 0.25) is 0 Å². The van der Waals surface area contributed by atoms with Crippen LogP contribution in [0.15, 0.2) is 146 Å². The molecule has 0 bridgehead atoms. The van der Waals surface area contributed by atoms with E-state index in [0.717, 1.165) is 5.69 Å². The summed E-state index contributed by atoms with van der Waals surface area (Å²) in [6.45, 7) is 2.14. The molecule has 5 aromatic carbocycles. The van der Waals surface area contributed by atoms with E-state index in [0.29, 0.717) is 0 Å². The minimum Gasteiger partial charge on any atom is -0.256 e. The Balaban J connectivity index is 1.46. The Morgan fingerprint density at radius 2 is 0.865 bits per heavy atom. The SMILES string of the molecule is Cc1ccc(-c2cccc(-c3cc(-c4ccccc4)cc(-c4ccccc4)c3)c2)cc1-c1ccccn1. The molecule has 0 aliphatic carbocycles. The van der Waals surface area contributed by atoms with Crippen LogP contribution in [-0.4, -0.2) is 4.98 Å². The molecule has 0 saturated carbocycles. The summed E-state index contributed by atoms with van der Waals surface area (Å²) in [5.74, 6) is 0. The molecule has 0 amide bonds. The highest BCUT2D eigenvalue weighted by Gasteiger charge is 2.10. The highest BCUT2D eigenvalue weighted by molar-refractivity contribution is 5.83. The van der Waals surface area contributed by atoms with Gasteiger partial charge in [0.1, 0.15) is 0 Å². The van der Waals surface area contributed by atoms with E-state index in [1.807, 2.05) is 18.3 Å². The molecule has 0 N–H and O–H groups in total. The van der Waals surface area contributed by atoms with Crippen molar-refractivity contribution < 1.29 is 0 Å². The van der Waals surface area contributed by atoms with Gasteiger partial charge in [0.15, 0.2) is 0 Å². The van der Waals surface area contributed by atoms with Crippen molar-refractivity contribution in [3.8, 4) is 55.8 Å². The van der Waals surface area contributed by atoms with Gasteiger partial charge in [0.25, 0.3) is 0 Å². The van der Waals surface area contributed by atoms with Crippen molar-refractivity contribution in [1.29, 1.82) is 0 Å². The zero-order valence-electron chi connectivity index (χ0n) is 20.8. The fourth-order valence-corrected chi connectivity index (χ4v) is 4.87. The lowest BCUT2D eigenvalue weighted by Crippen LogP contribution is -1.89. The van der Waals surface area contributed by atoms with E-state index in [-0.39, 0.29) is 0 Å². The topological polar surface area (TPSA) is 12.9 Å². The molecule has 0 aliphatic heterocycles. The molecule has 0 aliphatic rings. The smallest absolute Gasteiger partial charge is 0.0704 e. The van der Waals surface area contributed by atoms with E-state index in [4.69, 9.17) is 0 Å². The van der Waals surface area contributed by atoms with Crippen molar-refractivity contribution in [2.45, 2.75) is 6.92 Å². The van der Waals surface area contributed by atoms with Gasteiger partial charge in [0.2, 0.25) is 0 Å². The van der Waals surface area contributed by atoms with Gasteiger partial charge in [0, 0.05) is 11.8 Å². The molecule has 1 aromatic heterocycles. The molecule has 176 valence electrons. The van der Waals surface area contributed by atoms with Gasteiger partial charge in [-0.15, -0.1) is 0 Å². The van der Waals surface area contributed by atoms with Crippen LogP contribution in [0.25, 0.3) is 55.8 Å². The van der Waals surface area contributed by atoms with Gasteiger partial charge < -0.3 is 0 Å². The van der Waals surface area contributed by atoms with Crippen molar-refractivity contribution in [2.24, 2.45) is 0 Å². The number of benzene rings is 5. The van der Waals surface area contributed by atoms with Crippen molar-refractivity contribution in [3.63, 3.8) is 0 Å². The van der Waals surface area contributed by atoms with Gasteiger partial charge in [-0.05, 0) is 99.5 Å². The summed E-state index contributed by atoms with van der Waals surface area (Å²) >= 11 is 0. The first-order valence-electron chi connectivity index (χ1n) is 12.6. The van der Waals surface area contributed by atoms with Crippen molar-refractivity contribution in [3.05, 3.63) is 151 Å². The van der Waals surface area contributed by atoms with Crippen LogP contribution in [0.5, 0.6) is 0 Å². The van der Waals surface area contributed by atoms with Crippen molar-refractivity contribution >= 4 is 0 Å². The second-order valence-corrected chi connectivity index (χ2v) is 9.36. The second-order valence-electron chi connectivity index (χ2n) is 9.36. The summed E-state index contributed by atoms with van der Waals surface area (Å²) in [6.07, 6.45) is 1.85. The molecule has 1 heterocycles. The van der Waals surface area contributed by atoms with Gasteiger partial charge in [-0.3, -0.25) is 4.98 Å². The molecule has 0 radical (unpaired) electrons. The van der Waals surface area contributed by atoms with E-state index < -0.39 is 0 Å². The molecule has 6 aromatic rings. The Morgan fingerprint density at radius 3 is 1.46 bits per heavy atom. The number of hydrogen-bond acceptors (Lipinski definition) is 1. The van der Waals surface area contributed by atoms with E-state index in [2.05, 4.69) is 139 Å². The number of pyridine rings is 1. The largest absolute Gasteiger partial charge is 0.256 e. The maximum Gasteiger partial charge on any atom is 0.0704 e. The van der Waals surface area contributed by atoms with Crippen LogP contribution in [0, 0.1) is 6.92 Å². The molecule has 0 fully saturated rings. The first kappa shape index (κ1) is 22.7. The van der Waals surface area contributed by atoms with Crippen LogP contribution >= 0.6 is 0 Å². The van der Waals surface area contributed by atoms with E-state index in [9.17, 15) is 0 Å². The lowest BCUT2D eigenvalue weighted by atomic mass is 9.91. The van der Waals surface area contributed by atoms with Crippen LogP contribution in [-0.2, 0) is 0 Å². The molecule has 0 saturated heterocycles. The van der Waals surface area contributed by atoms with Gasteiger partial charge in [-0.25, -0.2) is 0 Å². The highest BCUT2D eigenvalue weighted by atomic mass is 14.7. The first-order valence-corrected chi connectivity index (χ1v) is 12.6. The maximum atomic E-state index is 4.59. The lowest BCUT2D eigenvalue weighted by Gasteiger charge is -2.13. The standard InChI is InChI=1S/C36H27N/c1-26-18-19-31(25-35(26)36-17-8-9-20-37-36)29-15-10-16-30(21-29)34-23-32(27-11-4-2-5-12-27)22-33(24-34)28-13-6-3-7-14-28/h2-25H,1H3. The summed E-state index contributed by atoms with van der Waals surface area (Å²) in [4.78, 5) is 4.59. The quantitative estimate of drug-likeness (QED) is 0.243. The first-order chi connectivity index (χ1) is 18.2. The minimum absolute atomic E-state index is 1.00. The molecule has 0 spiro atoms. The van der Waals surface area contributed by atoms with Gasteiger partial charge in [0.05, 0.1) is 5.69 Å². The molecule has 6 rings (SSSR count). The third-order valence-corrected chi connectivity index (χ3v) is 6.85. The Morgan fingerprint density at radius 1 is 0.378 bits per heavy atom. The van der Waals surface area contributed by atoms with Crippen molar-refractivity contribution in [1.82, 2.24) is 4.98 Å². The van der Waals surface area contributed by atoms with E-state index in [1.165, 1.54) is 55.6 Å². The predicted molar refractivity (Wildman–Crippen MR) is 156 cm³/mol. The number of aromatic nitrogens is 1. The third-order valence-electron chi connectivity index (χ3n) is 6.85. The monoisotopic (exact) mass is 473 g/mol. The second kappa shape index (κ2) is 10.1. The van der Waals surface area contributed by atoms with Crippen molar-refractivity contribution in [2.75, 3.05) is 0 Å². The number of hydrogen-bond donors (Lipinski definition) is 0. The Labute approximate surface area is 218 Å². The number of rotatable bonds is 5. The molecule has 0 unspecified atom stereocenters. The summed E-state index contributed by atoms with van der Waals surface area (Å²) < 4.78 is 0. The Kier molecular flexibility index (Phi) is 6.19. The molecule has 1 nitrogen and oxygen atoms in total. The Bertz CT molecular complexity index is 1590. The third kappa shape index (κ3) is 4.85. The van der Waals surface area contributed by atoms with Crippen LogP contribution in [0.1, 0.15) is 5.56 Å². The minimum atomic E-state index is 1.00. The maximum absolute atomic E-state index is 4.59. The molecule has 0 atom stereocenters. The average molecular weight is 474 g/mol. The van der Waals surface area contributed by atoms with E-state index >= 15 is 0 Å². The predicted octanol–water partition coefficient (Wildman–Crippen LogP) is 9.73. The summed E-state index contributed by atoms with van der Waals surface area (Å²) in [7, 11) is 0. The Hall–Kier alpha value is -4.75. The number of aryl methyl sites for hydroxylation is 1. The highest BCUT2D eigenvalue weighted by Crippen LogP contribution is 2.35. The van der Waals surface area contributed by atoms with Gasteiger partial charge in [-0.1, -0.05) is 97.1 Å². The van der Waals surface area contributed by atoms with Crippen LogP contribution in [0.4, 0.5) is 0 Å². The zero-order valence-corrected chi connectivity index (χ0v) is 20.8. The van der Waals surface area contributed by atoms with Gasteiger partial charge >= 0.3 is 0 Å². The summed E-state index contributed by atoms with van der Waals surface area (Å²) in [5, 5.41) is 0. The van der Waals surface area contributed by atoms with E-state index in [1.54, 1.807) is 0 Å². The van der Waals surface area contributed by atoms with Gasteiger partial charge in [-0.2, -0.15) is 0 Å². The molecular formula is C36H27N. The number of nitrogens with zero attached hydrogens (tertiary/aromatic N) is 1. The van der Waals surface area contributed by atoms with Crippen LogP contribution < -0.4 is 0 Å². The fourth-order valence-electron chi connectivity index (χ4n) is 4.87. The molecular weight excluding hydrogens is 446 g/mol. The lowest BCUT2D eigenvalue weighted by molar-refractivity contribution is 1.31. The van der Waals surface area contributed by atoms with Crippen LogP contribution in [0.3, 0.4) is 0 Å². The molecule has 1 heteroatoms.